The largest absolute Gasteiger partial charge is 0.329 e. The van der Waals surface area contributed by atoms with Crippen LogP contribution in [0.3, 0.4) is 0 Å². The Kier molecular flexibility index (Phi) is 4.42. The Morgan fingerprint density at radius 3 is 2.62 bits per heavy atom. The molecule has 0 fully saturated rings. The summed E-state index contributed by atoms with van der Waals surface area (Å²) in [7, 11) is 0. The van der Waals surface area contributed by atoms with E-state index in [1.807, 2.05) is 44.2 Å². The predicted molar refractivity (Wildman–Crippen MR) is 93.8 cm³/mol. The third-order valence-electron chi connectivity index (χ3n) is 3.93. The average Bonchev–Trinajstić information content (AvgIpc) is 2.60. The van der Waals surface area contributed by atoms with E-state index >= 15 is 0 Å². The van der Waals surface area contributed by atoms with Crippen molar-refractivity contribution in [3.8, 4) is 0 Å². The molecule has 1 N–H and O–H groups in total. The van der Waals surface area contributed by atoms with Crippen LogP contribution in [0.5, 0.6) is 0 Å². The van der Waals surface area contributed by atoms with Crippen molar-refractivity contribution >= 4 is 16.7 Å². The van der Waals surface area contributed by atoms with Gasteiger partial charge in [0.1, 0.15) is 5.69 Å². The minimum atomic E-state index is -0.252. The lowest BCUT2D eigenvalue weighted by atomic mass is 10.1. The number of nitrogens with one attached hydrogen (secondary N) is 1. The first-order valence-corrected chi connectivity index (χ1v) is 7.89. The minimum absolute atomic E-state index is 0.0190. The number of H-pyrrole nitrogens is 1. The van der Waals surface area contributed by atoms with Crippen LogP contribution in [-0.2, 0) is 6.54 Å². The molecule has 0 radical (unpaired) electrons. The van der Waals surface area contributed by atoms with Crippen molar-refractivity contribution in [1.29, 1.82) is 0 Å². The third kappa shape index (κ3) is 3.20. The second-order valence-electron chi connectivity index (χ2n) is 5.95. The van der Waals surface area contributed by atoms with Crippen LogP contribution in [0.25, 0.3) is 10.8 Å². The normalized spacial score (nSPS) is 11.0. The first kappa shape index (κ1) is 15.9. The van der Waals surface area contributed by atoms with Crippen LogP contribution >= 0.6 is 0 Å². The van der Waals surface area contributed by atoms with Crippen LogP contribution in [0.4, 0.5) is 0 Å². The van der Waals surface area contributed by atoms with Crippen molar-refractivity contribution in [3.05, 3.63) is 76.5 Å². The summed E-state index contributed by atoms with van der Waals surface area (Å²) < 4.78 is 0. The van der Waals surface area contributed by atoms with Gasteiger partial charge in [-0.05, 0) is 43.5 Å². The monoisotopic (exact) mass is 321 g/mol. The molecule has 122 valence electrons. The number of hydrogen-bond acceptors (Lipinski definition) is 3. The molecule has 1 aromatic carbocycles. The van der Waals surface area contributed by atoms with Crippen molar-refractivity contribution in [1.82, 2.24) is 14.9 Å². The van der Waals surface area contributed by atoms with Crippen molar-refractivity contribution in [3.63, 3.8) is 0 Å². The SMILES string of the molecule is CC(C)N(Cc1ccccn1)C(=O)c1cc2ccccc2c(=O)[nH]1. The number of pyridine rings is 2. The first-order chi connectivity index (χ1) is 11.6. The van der Waals surface area contributed by atoms with E-state index in [0.717, 1.165) is 11.1 Å². The van der Waals surface area contributed by atoms with Gasteiger partial charge in [0.2, 0.25) is 0 Å². The van der Waals surface area contributed by atoms with E-state index in [0.29, 0.717) is 17.6 Å². The van der Waals surface area contributed by atoms with Crippen LogP contribution in [0.1, 0.15) is 30.0 Å². The van der Waals surface area contributed by atoms with Crippen LogP contribution < -0.4 is 5.56 Å². The molecular weight excluding hydrogens is 302 g/mol. The molecule has 0 aliphatic carbocycles. The highest BCUT2D eigenvalue weighted by Crippen LogP contribution is 2.14. The van der Waals surface area contributed by atoms with Gasteiger partial charge in [-0.3, -0.25) is 14.6 Å². The van der Waals surface area contributed by atoms with Gasteiger partial charge in [0.25, 0.3) is 11.5 Å². The Morgan fingerprint density at radius 2 is 1.92 bits per heavy atom. The molecule has 0 aliphatic heterocycles. The number of nitrogens with zero attached hydrogens (tertiary/aromatic N) is 2. The fraction of sp³-hybridized carbons (Fsp3) is 0.211. The van der Waals surface area contributed by atoms with Crippen molar-refractivity contribution < 1.29 is 4.79 Å². The summed E-state index contributed by atoms with van der Waals surface area (Å²) in [5.41, 5.74) is 0.851. The van der Waals surface area contributed by atoms with Gasteiger partial charge in [-0.25, -0.2) is 0 Å². The Bertz CT molecular complexity index is 917. The summed E-state index contributed by atoms with van der Waals surface area (Å²) in [5, 5.41) is 1.33. The second-order valence-corrected chi connectivity index (χ2v) is 5.95. The van der Waals surface area contributed by atoms with Gasteiger partial charge in [0.05, 0.1) is 12.2 Å². The van der Waals surface area contributed by atoms with Crippen LogP contribution in [0, 0.1) is 0 Å². The fourth-order valence-electron chi connectivity index (χ4n) is 2.64. The zero-order chi connectivity index (χ0) is 17.1. The summed E-state index contributed by atoms with van der Waals surface area (Å²) in [5.74, 6) is -0.210. The maximum Gasteiger partial charge on any atom is 0.270 e. The Morgan fingerprint density at radius 1 is 1.17 bits per heavy atom. The smallest absolute Gasteiger partial charge is 0.270 e. The highest BCUT2D eigenvalue weighted by molar-refractivity contribution is 5.96. The van der Waals surface area contributed by atoms with Crippen molar-refractivity contribution in [2.75, 3.05) is 0 Å². The number of amides is 1. The summed E-state index contributed by atoms with van der Waals surface area (Å²) in [4.78, 5) is 33.8. The number of fused-ring (bicyclic) bond motifs is 1. The van der Waals surface area contributed by atoms with Gasteiger partial charge in [-0.1, -0.05) is 24.3 Å². The van der Waals surface area contributed by atoms with E-state index in [2.05, 4.69) is 9.97 Å². The molecule has 2 aromatic heterocycles. The molecule has 5 heteroatoms. The van der Waals surface area contributed by atoms with Crippen LogP contribution in [0.2, 0.25) is 0 Å². The molecule has 3 rings (SSSR count). The molecular formula is C19H19N3O2. The topological polar surface area (TPSA) is 66.1 Å². The average molecular weight is 321 g/mol. The zero-order valence-electron chi connectivity index (χ0n) is 13.7. The lowest BCUT2D eigenvalue weighted by Gasteiger charge is -2.26. The summed E-state index contributed by atoms with van der Waals surface area (Å²) in [6.07, 6.45) is 1.70. The molecule has 0 spiro atoms. The van der Waals surface area contributed by atoms with E-state index in [1.165, 1.54) is 0 Å². The third-order valence-corrected chi connectivity index (χ3v) is 3.93. The predicted octanol–water partition coefficient (Wildman–Crippen LogP) is 2.97. The Hall–Kier alpha value is -2.95. The summed E-state index contributed by atoms with van der Waals surface area (Å²) in [6, 6.07) is 14.6. The van der Waals surface area contributed by atoms with E-state index < -0.39 is 0 Å². The molecule has 2 heterocycles. The van der Waals surface area contributed by atoms with E-state index in [-0.39, 0.29) is 17.5 Å². The van der Waals surface area contributed by atoms with E-state index in [1.54, 1.807) is 29.3 Å². The van der Waals surface area contributed by atoms with Gasteiger partial charge in [0, 0.05) is 17.6 Å². The molecule has 0 unspecified atom stereocenters. The quantitative estimate of drug-likeness (QED) is 0.803. The molecule has 3 aromatic rings. The minimum Gasteiger partial charge on any atom is -0.329 e. The van der Waals surface area contributed by atoms with E-state index in [4.69, 9.17) is 0 Å². The molecule has 5 nitrogen and oxygen atoms in total. The fourth-order valence-corrected chi connectivity index (χ4v) is 2.64. The highest BCUT2D eigenvalue weighted by Gasteiger charge is 2.21. The Balaban J connectivity index is 1.97. The van der Waals surface area contributed by atoms with Crippen LogP contribution in [-0.4, -0.2) is 26.8 Å². The standard InChI is InChI=1S/C19H19N3O2/c1-13(2)22(12-15-8-5-6-10-20-15)19(24)17-11-14-7-3-4-9-16(14)18(23)21-17/h3-11,13H,12H2,1-2H3,(H,21,23). The molecule has 0 bridgehead atoms. The Labute approximate surface area is 140 Å². The van der Waals surface area contributed by atoms with E-state index in [9.17, 15) is 9.59 Å². The van der Waals surface area contributed by atoms with Gasteiger partial charge in [-0.15, -0.1) is 0 Å². The number of hydrogen-bond donors (Lipinski definition) is 1. The highest BCUT2D eigenvalue weighted by atomic mass is 16.2. The van der Waals surface area contributed by atoms with Gasteiger partial charge in [0.15, 0.2) is 0 Å². The lowest BCUT2D eigenvalue weighted by molar-refractivity contribution is 0.0681. The first-order valence-electron chi connectivity index (χ1n) is 7.89. The molecule has 24 heavy (non-hydrogen) atoms. The van der Waals surface area contributed by atoms with Gasteiger partial charge < -0.3 is 9.88 Å². The lowest BCUT2D eigenvalue weighted by Crippen LogP contribution is -2.37. The van der Waals surface area contributed by atoms with Gasteiger partial charge >= 0.3 is 0 Å². The van der Waals surface area contributed by atoms with Crippen molar-refractivity contribution in [2.45, 2.75) is 26.4 Å². The zero-order valence-corrected chi connectivity index (χ0v) is 13.7. The summed E-state index contributed by atoms with van der Waals surface area (Å²) >= 11 is 0. The molecule has 0 saturated carbocycles. The maximum atomic E-state index is 12.9. The van der Waals surface area contributed by atoms with Gasteiger partial charge in [-0.2, -0.15) is 0 Å². The number of aromatic nitrogens is 2. The number of carbonyl (C=O) groups excluding carboxylic acids is 1. The van der Waals surface area contributed by atoms with Crippen molar-refractivity contribution in [2.24, 2.45) is 0 Å². The summed E-state index contributed by atoms with van der Waals surface area (Å²) in [6.45, 7) is 4.28. The molecule has 0 atom stereocenters. The molecule has 1 amide bonds. The second kappa shape index (κ2) is 6.66. The van der Waals surface area contributed by atoms with Crippen LogP contribution in [0.15, 0.2) is 59.5 Å². The molecule has 0 saturated heterocycles. The number of aromatic amines is 1. The number of benzene rings is 1. The number of carbonyl (C=O) groups is 1. The maximum absolute atomic E-state index is 12.9. The molecule has 0 aliphatic rings. The number of rotatable bonds is 4.